The minimum absolute atomic E-state index is 0.0164. The Kier molecular flexibility index (Phi) is 5.21. The molecule has 25 heavy (non-hydrogen) atoms. The molecule has 0 saturated carbocycles. The van der Waals surface area contributed by atoms with Gasteiger partial charge in [-0.1, -0.05) is 6.08 Å². The first kappa shape index (κ1) is 17.3. The summed E-state index contributed by atoms with van der Waals surface area (Å²) in [5.41, 5.74) is 2.84. The highest BCUT2D eigenvalue weighted by atomic mass is 16.5. The van der Waals surface area contributed by atoms with E-state index in [1.807, 2.05) is 35.4 Å². The van der Waals surface area contributed by atoms with Crippen LogP contribution in [0, 0.1) is 19.8 Å². The van der Waals surface area contributed by atoms with Crippen molar-refractivity contribution in [2.45, 2.75) is 26.7 Å². The summed E-state index contributed by atoms with van der Waals surface area (Å²) >= 11 is 0. The Bertz CT molecular complexity index is 762. The van der Waals surface area contributed by atoms with Crippen molar-refractivity contribution in [2.24, 2.45) is 5.92 Å². The number of urea groups is 1. The van der Waals surface area contributed by atoms with E-state index in [4.69, 9.17) is 4.74 Å². The average Bonchev–Trinajstić information content (AvgIpc) is 2.92. The van der Waals surface area contributed by atoms with Crippen LogP contribution in [0.25, 0.3) is 5.65 Å². The molecule has 7 heteroatoms. The topological polar surface area (TPSA) is 71.8 Å². The van der Waals surface area contributed by atoms with Crippen LogP contribution in [-0.2, 0) is 0 Å². The van der Waals surface area contributed by atoms with E-state index in [9.17, 15) is 4.79 Å². The molecular weight excluding hydrogens is 318 g/mol. The van der Waals surface area contributed by atoms with Crippen molar-refractivity contribution in [1.82, 2.24) is 24.8 Å². The predicted molar refractivity (Wildman–Crippen MR) is 95.8 cm³/mol. The molecule has 7 nitrogen and oxygen atoms in total. The number of aromatic nitrogens is 3. The minimum Gasteiger partial charge on any atom is -0.476 e. The van der Waals surface area contributed by atoms with E-state index in [2.05, 4.69) is 22.0 Å². The Labute approximate surface area is 147 Å². The van der Waals surface area contributed by atoms with Gasteiger partial charge in [-0.05, 0) is 38.7 Å². The molecule has 3 rings (SSSR count). The third-order valence-corrected chi connectivity index (χ3v) is 4.68. The number of amides is 2. The molecular formula is C18H25N5O2. The number of carbonyl (C=O) groups excluding carboxylic acids is 1. The predicted octanol–water partition coefficient (Wildman–Crippen LogP) is 2.33. The molecule has 0 aliphatic carbocycles. The Morgan fingerprint density at radius 2 is 2.16 bits per heavy atom. The lowest BCUT2D eigenvalue weighted by atomic mass is 9.98. The lowest BCUT2D eigenvalue weighted by molar-refractivity contribution is 0.143. The normalized spacial score (nSPS) is 15.4. The van der Waals surface area contributed by atoms with Gasteiger partial charge in [0.2, 0.25) is 5.88 Å². The summed E-state index contributed by atoms with van der Waals surface area (Å²) in [7, 11) is 0. The molecule has 0 radical (unpaired) electrons. The average molecular weight is 343 g/mol. The van der Waals surface area contributed by atoms with Crippen molar-refractivity contribution in [1.29, 1.82) is 0 Å². The van der Waals surface area contributed by atoms with Crippen LogP contribution in [0.2, 0.25) is 0 Å². The van der Waals surface area contributed by atoms with Crippen LogP contribution in [-0.4, -0.2) is 51.8 Å². The number of nitrogens with zero attached hydrogens (tertiary/aromatic N) is 4. The van der Waals surface area contributed by atoms with E-state index in [1.165, 1.54) is 0 Å². The Hall–Kier alpha value is -2.57. The zero-order valence-corrected chi connectivity index (χ0v) is 14.9. The number of hydrogen-bond acceptors (Lipinski definition) is 4. The molecule has 0 atom stereocenters. The Morgan fingerprint density at radius 1 is 1.40 bits per heavy atom. The summed E-state index contributed by atoms with van der Waals surface area (Å²) in [6, 6.07) is 3.77. The van der Waals surface area contributed by atoms with Gasteiger partial charge in [-0.25, -0.2) is 14.3 Å². The number of likely N-dealkylation sites (tertiary alicyclic amines) is 1. The summed E-state index contributed by atoms with van der Waals surface area (Å²) in [4.78, 5) is 18.2. The molecule has 1 aliphatic heterocycles. The van der Waals surface area contributed by atoms with Gasteiger partial charge >= 0.3 is 6.03 Å². The van der Waals surface area contributed by atoms with Gasteiger partial charge in [-0.2, -0.15) is 0 Å². The quantitative estimate of drug-likeness (QED) is 0.846. The summed E-state index contributed by atoms with van der Waals surface area (Å²) in [6.07, 6.45) is 3.56. The lowest BCUT2D eigenvalue weighted by Crippen LogP contribution is -2.45. The maximum absolute atomic E-state index is 11.9. The molecule has 2 aromatic heterocycles. The van der Waals surface area contributed by atoms with Gasteiger partial charge in [0.05, 0.1) is 18.0 Å². The standard InChI is InChI=1S/C18H25N5O2/c1-4-9-19-18(24)22-10-7-15(8-11-22)12-25-17-6-5-16-20-13(2)14(3)23(16)21-17/h4-6,15H,1,7-12H2,2-3H3,(H,19,24). The van der Waals surface area contributed by atoms with Crippen molar-refractivity contribution in [3.63, 3.8) is 0 Å². The van der Waals surface area contributed by atoms with Crippen LogP contribution in [0.4, 0.5) is 4.79 Å². The Morgan fingerprint density at radius 3 is 2.88 bits per heavy atom. The second kappa shape index (κ2) is 7.55. The minimum atomic E-state index is -0.0164. The SMILES string of the molecule is C=CCNC(=O)N1CCC(COc2ccc3nc(C)c(C)n3n2)CC1. The number of imidazole rings is 1. The molecule has 2 amide bonds. The summed E-state index contributed by atoms with van der Waals surface area (Å²) < 4.78 is 7.70. The largest absolute Gasteiger partial charge is 0.476 e. The molecule has 2 aromatic rings. The van der Waals surface area contributed by atoms with Crippen LogP contribution in [0.1, 0.15) is 24.2 Å². The molecule has 0 spiro atoms. The van der Waals surface area contributed by atoms with Crippen LogP contribution in [0.3, 0.4) is 0 Å². The van der Waals surface area contributed by atoms with Crippen LogP contribution in [0.15, 0.2) is 24.8 Å². The maximum atomic E-state index is 11.9. The van der Waals surface area contributed by atoms with Crippen molar-refractivity contribution in [2.75, 3.05) is 26.2 Å². The fourth-order valence-electron chi connectivity index (χ4n) is 2.99. The Balaban J connectivity index is 1.51. The zero-order chi connectivity index (χ0) is 17.8. The fourth-order valence-corrected chi connectivity index (χ4v) is 2.99. The molecule has 1 N–H and O–H groups in total. The number of fused-ring (bicyclic) bond motifs is 1. The molecule has 3 heterocycles. The molecule has 1 aliphatic rings. The number of nitrogens with one attached hydrogen (secondary N) is 1. The third kappa shape index (κ3) is 3.92. The maximum Gasteiger partial charge on any atom is 0.317 e. The van der Waals surface area contributed by atoms with E-state index in [-0.39, 0.29) is 6.03 Å². The zero-order valence-electron chi connectivity index (χ0n) is 14.9. The monoisotopic (exact) mass is 343 g/mol. The van der Waals surface area contributed by atoms with Crippen molar-refractivity contribution in [3.8, 4) is 5.88 Å². The number of ether oxygens (including phenoxy) is 1. The highest BCUT2D eigenvalue weighted by Gasteiger charge is 2.23. The fraction of sp³-hybridized carbons (Fsp3) is 0.500. The van der Waals surface area contributed by atoms with E-state index < -0.39 is 0 Å². The summed E-state index contributed by atoms with van der Waals surface area (Å²) in [5, 5.41) is 7.32. The van der Waals surface area contributed by atoms with Crippen molar-refractivity contribution < 1.29 is 9.53 Å². The van der Waals surface area contributed by atoms with Gasteiger partial charge in [0.15, 0.2) is 5.65 Å². The highest BCUT2D eigenvalue weighted by molar-refractivity contribution is 5.74. The van der Waals surface area contributed by atoms with Gasteiger partial charge in [-0.15, -0.1) is 11.7 Å². The number of rotatable bonds is 5. The van der Waals surface area contributed by atoms with E-state index in [1.54, 1.807) is 6.08 Å². The highest BCUT2D eigenvalue weighted by Crippen LogP contribution is 2.19. The van der Waals surface area contributed by atoms with Gasteiger partial charge in [0, 0.05) is 25.7 Å². The second-order valence-electron chi connectivity index (χ2n) is 6.44. The van der Waals surface area contributed by atoms with Gasteiger partial charge in [-0.3, -0.25) is 0 Å². The molecule has 1 saturated heterocycles. The lowest BCUT2D eigenvalue weighted by Gasteiger charge is -2.31. The number of carbonyl (C=O) groups is 1. The molecule has 0 unspecified atom stereocenters. The number of hydrogen-bond donors (Lipinski definition) is 1. The van der Waals surface area contributed by atoms with Crippen LogP contribution >= 0.6 is 0 Å². The summed E-state index contributed by atoms with van der Waals surface area (Å²) in [5.74, 6) is 1.05. The third-order valence-electron chi connectivity index (χ3n) is 4.68. The van der Waals surface area contributed by atoms with Crippen molar-refractivity contribution in [3.05, 3.63) is 36.2 Å². The van der Waals surface area contributed by atoms with Gasteiger partial charge in [0.25, 0.3) is 0 Å². The van der Waals surface area contributed by atoms with E-state index >= 15 is 0 Å². The second-order valence-corrected chi connectivity index (χ2v) is 6.44. The molecule has 0 aromatic carbocycles. The van der Waals surface area contributed by atoms with E-state index in [0.29, 0.717) is 24.9 Å². The van der Waals surface area contributed by atoms with Gasteiger partial charge in [0.1, 0.15) is 0 Å². The number of piperidine rings is 1. The molecule has 0 bridgehead atoms. The van der Waals surface area contributed by atoms with Crippen molar-refractivity contribution >= 4 is 11.7 Å². The van der Waals surface area contributed by atoms with E-state index in [0.717, 1.165) is 43.0 Å². The smallest absolute Gasteiger partial charge is 0.317 e. The summed E-state index contributed by atoms with van der Waals surface area (Å²) in [6.45, 7) is 10.2. The first-order chi connectivity index (χ1) is 12.1. The number of aryl methyl sites for hydroxylation is 2. The van der Waals surface area contributed by atoms with Crippen LogP contribution < -0.4 is 10.1 Å². The molecule has 134 valence electrons. The molecule has 1 fully saturated rings. The first-order valence-corrected chi connectivity index (χ1v) is 8.68. The van der Waals surface area contributed by atoms with Gasteiger partial charge < -0.3 is 15.0 Å². The first-order valence-electron chi connectivity index (χ1n) is 8.68. The van der Waals surface area contributed by atoms with Crippen LogP contribution in [0.5, 0.6) is 5.88 Å².